The van der Waals surface area contributed by atoms with E-state index in [2.05, 4.69) is 22.4 Å². The monoisotopic (exact) mass is 444 g/mol. The lowest BCUT2D eigenvalue weighted by molar-refractivity contribution is -0.139. The fraction of sp³-hybridized carbons (Fsp3) is 0.160. The van der Waals surface area contributed by atoms with Crippen molar-refractivity contribution in [2.75, 3.05) is 6.61 Å². The van der Waals surface area contributed by atoms with Gasteiger partial charge >= 0.3 is 12.1 Å². The fourth-order valence-electron chi connectivity index (χ4n) is 4.16. The molecule has 4 aromatic rings. The Morgan fingerprint density at radius 1 is 0.969 bits per heavy atom. The zero-order valence-electron chi connectivity index (χ0n) is 17.0. The van der Waals surface area contributed by atoms with Crippen molar-refractivity contribution in [1.82, 2.24) is 10.3 Å². The van der Waals surface area contributed by atoms with Gasteiger partial charge in [-0.25, -0.2) is 14.6 Å². The molecule has 1 aromatic heterocycles. The summed E-state index contributed by atoms with van der Waals surface area (Å²) in [6, 6.07) is 22.6. The van der Waals surface area contributed by atoms with E-state index in [9.17, 15) is 14.7 Å². The number of para-hydroxylation sites is 1. The van der Waals surface area contributed by atoms with E-state index >= 15 is 0 Å². The largest absolute Gasteiger partial charge is 0.480 e. The molecule has 3 aromatic carbocycles. The van der Waals surface area contributed by atoms with Crippen molar-refractivity contribution in [2.24, 2.45) is 0 Å². The number of fused-ring (bicyclic) bond motifs is 4. The molecule has 0 radical (unpaired) electrons. The second-order valence-corrected chi connectivity index (χ2v) is 8.76. The lowest BCUT2D eigenvalue weighted by Crippen LogP contribution is -2.42. The number of carbonyl (C=O) groups is 2. The van der Waals surface area contributed by atoms with Crippen LogP contribution in [0.15, 0.2) is 72.8 Å². The third kappa shape index (κ3) is 3.83. The number of ether oxygens (including phenoxy) is 1. The van der Waals surface area contributed by atoms with Crippen molar-refractivity contribution in [2.45, 2.75) is 18.4 Å². The number of rotatable bonds is 6. The van der Waals surface area contributed by atoms with Gasteiger partial charge in [0.1, 0.15) is 12.6 Å². The maximum absolute atomic E-state index is 12.5. The molecule has 0 aliphatic heterocycles. The molecule has 1 unspecified atom stereocenters. The van der Waals surface area contributed by atoms with Gasteiger partial charge in [-0.2, -0.15) is 0 Å². The average Bonchev–Trinajstić information content (AvgIpc) is 3.35. The van der Waals surface area contributed by atoms with E-state index in [0.717, 1.165) is 32.5 Å². The molecule has 1 amide bonds. The summed E-state index contributed by atoms with van der Waals surface area (Å²) in [7, 11) is 0. The van der Waals surface area contributed by atoms with Crippen molar-refractivity contribution < 1.29 is 19.4 Å². The molecule has 0 fully saturated rings. The molecular formula is C25H20N2O4S. The Morgan fingerprint density at radius 2 is 1.59 bits per heavy atom. The number of nitrogens with one attached hydrogen (secondary N) is 1. The number of carbonyl (C=O) groups excluding carboxylic acids is 1. The summed E-state index contributed by atoms with van der Waals surface area (Å²) in [5.74, 6) is -1.21. The second-order valence-electron chi connectivity index (χ2n) is 7.64. The number of benzene rings is 3. The van der Waals surface area contributed by atoms with Gasteiger partial charge in [-0.05, 0) is 34.4 Å². The number of aliphatic carboxylic acids is 1. The Bertz CT molecular complexity index is 1240. The number of alkyl carbamates (subject to hydrolysis) is 1. The zero-order valence-corrected chi connectivity index (χ0v) is 17.8. The van der Waals surface area contributed by atoms with Gasteiger partial charge in [0.25, 0.3) is 0 Å². The molecule has 1 aliphatic carbocycles. The lowest BCUT2D eigenvalue weighted by atomic mass is 9.98. The number of carboxylic acid groups (broad SMARTS) is 1. The normalized spacial score (nSPS) is 13.4. The number of aromatic nitrogens is 1. The van der Waals surface area contributed by atoms with Gasteiger partial charge in [0.2, 0.25) is 0 Å². The molecule has 0 bridgehead atoms. The van der Waals surface area contributed by atoms with Crippen LogP contribution in [-0.2, 0) is 16.0 Å². The summed E-state index contributed by atoms with van der Waals surface area (Å²) < 4.78 is 6.47. The number of thiazole rings is 1. The van der Waals surface area contributed by atoms with Gasteiger partial charge in [-0.15, -0.1) is 11.3 Å². The molecular weight excluding hydrogens is 424 g/mol. The highest BCUT2D eigenvalue weighted by molar-refractivity contribution is 7.18. The highest BCUT2D eigenvalue weighted by Gasteiger charge is 2.30. The van der Waals surface area contributed by atoms with Crippen LogP contribution in [0.3, 0.4) is 0 Å². The first-order valence-electron chi connectivity index (χ1n) is 10.3. The maximum Gasteiger partial charge on any atom is 0.407 e. The predicted molar refractivity (Wildman–Crippen MR) is 123 cm³/mol. The Balaban J connectivity index is 1.27. The van der Waals surface area contributed by atoms with E-state index in [1.807, 2.05) is 60.7 Å². The van der Waals surface area contributed by atoms with E-state index in [-0.39, 0.29) is 18.9 Å². The number of nitrogens with zero attached hydrogens (tertiary/aromatic N) is 1. The maximum atomic E-state index is 12.5. The molecule has 0 spiro atoms. The smallest absolute Gasteiger partial charge is 0.407 e. The molecule has 32 heavy (non-hydrogen) atoms. The number of amides is 1. The van der Waals surface area contributed by atoms with Gasteiger partial charge in [-0.1, -0.05) is 60.7 Å². The van der Waals surface area contributed by atoms with Crippen molar-refractivity contribution >= 4 is 33.6 Å². The van der Waals surface area contributed by atoms with Gasteiger partial charge in [0.05, 0.1) is 15.2 Å². The van der Waals surface area contributed by atoms with Crippen LogP contribution in [0.4, 0.5) is 4.79 Å². The molecule has 1 aliphatic rings. The zero-order chi connectivity index (χ0) is 22.1. The summed E-state index contributed by atoms with van der Waals surface area (Å²) in [5.41, 5.74) is 5.29. The first kappa shape index (κ1) is 20.2. The van der Waals surface area contributed by atoms with Crippen LogP contribution in [0.5, 0.6) is 0 Å². The summed E-state index contributed by atoms with van der Waals surface area (Å²) in [5, 5.41) is 12.7. The standard InChI is InChI=1S/C25H20N2O4S/c28-24(29)21(13-23-26-20-11-5-6-12-22(20)32-23)27-25(30)31-14-19-17-9-3-1-7-15(17)16-8-2-4-10-18(16)19/h1-12,19,21H,13-14H2,(H,27,30)(H,28,29). The molecule has 1 heterocycles. The minimum atomic E-state index is -1.13. The molecule has 0 saturated carbocycles. The Kier molecular flexibility index (Phi) is 5.33. The lowest BCUT2D eigenvalue weighted by Gasteiger charge is -2.17. The summed E-state index contributed by atoms with van der Waals surface area (Å²) in [4.78, 5) is 28.7. The van der Waals surface area contributed by atoms with E-state index in [0.29, 0.717) is 5.01 Å². The van der Waals surface area contributed by atoms with Crippen LogP contribution >= 0.6 is 11.3 Å². The van der Waals surface area contributed by atoms with Crippen molar-refractivity contribution in [3.63, 3.8) is 0 Å². The van der Waals surface area contributed by atoms with E-state index < -0.39 is 18.1 Å². The van der Waals surface area contributed by atoms with Crippen molar-refractivity contribution in [3.8, 4) is 11.1 Å². The van der Waals surface area contributed by atoms with Crippen molar-refractivity contribution in [1.29, 1.82) is 0 Å². The van der Waals surface area contributed by atoms with E-state index in [1.54, 1.807) is 0 Å². The fourth-order valence-corrected chi connectivity index (χ4v) is 5.18. The van der Waals surface area contributed by atoms with E-state index in [1.165, 1.54) is 11.3 Å². The first-order chi connectivity index (χ1) is 15.6. The average molecular weight is 445 g/mol. The topological polar surface area (TPSA) is 88.5 Å². The quantitative estimate of drug-likeness (QED) is 0.445. The molecule has 6 nitrogen and oxygen atoms in total. The minimum Gasteiger partial charge on any atom is -0.480 e. The number of carboxylic acids is 1. The Morgan fingerprint density at radius 3 is 2.25 bits per heavy atom. The molecule has 1 atom stereocenters. The Labute approximate surface area is 188 Å². The highest BCUT2D eigenvalue weighted by atomic mass is 32.1. The minimum absolute atomic E-state index is 0.0827. The van der Waals surface area contributed by atoms with Crippen LogP contribution in [0, 0.1) is 0 Å². The molecule has 2 N–H and O–H groups in total. The Hall–Kier alpha value is -3.71. The molecule has 7 heteroatoms. The van der Waals surface area contributed by atoms with Crippen LogP contribution in [0.1, 0.15) is 22.1 Å². The third-order valence-electron chi connectivity index (χ3n) is 5.65. The van der Waals surface area contributed by atoms with Gasteiger partial charge in [0, 0.05) is 12.3 Å². The number of hydrogen-bond donors (Lipinski definition) is 2. The second kappa shape index (κ2) is 8.43. The molecule has 0 saturated heterocycles. The van der Waals surface area contributed by atoms with Gasteiger partial charge in [-0.3, -0.25) is 0 Å². The van der Waals surface area contributed by atoms with E-state index in [4.69, 9.17) is 4.74 Å². The third-order valence-corrected chi connectivity index (χ3v) is 6.71. The summed E-state index contributed by atoms with van der Waals surface area (Å²) >= 11 is 1.42. The first-order valence-corrected chi connectivity index (χ1v) is 11.1. The van der Waals surface area contributed by atoms with Crippen LogP contribution in [0.2, 0.25) is 0 Å². The molecule has 5 rings (SSSR count). The van der Waals surface area contributed by atoms with Crippen LogP contribution in [-0.4, -0.2) is 34.8 Å². The predicted octanol–water partition coefficient (Wildman–Crippen LogP) is 4.83. The van der Waals surface area contributed by atoms with Crippen molar-refractivity contribution in [3.05, 3.63) is 88.9 Å². The highest BCUT2D eigenvalue weighted by Crippen LogP contribution is 2.44. The van der Waals surface area contributed by atoms with Gasteiger partial charge < -0.3 is 15.2 Å². The SMILES string of the molecule is O=C(NC(Cc1nc2ccccc2s1)C(=O)O)OCC1c2ccccc2-c2ccccc21. The van der Waals surface area contributed by atoms with Crippen LogP contribution < -0.4 is 5.32 Å². The summed E-state index contributed by atoms with van der Waals surface area (Å²) in [6.45, 7) is 0.132. The number of hydrogen-bond acceptors (Lipinski definition) is 5. The molecule has 160 valence electrons. The van der Waals surface area contributed by atoms with Gasteiger partial charge in [0.15, 0.2) is 0 Å². The van der Waals surface area contributed by atoms with Crippen LogP contribution in [0.25, 0.3) is 21.3 Å². The summed E-state index contributed by atoms with van der Waals surface area (Å²) in [6.07, 6.45) is -0.654.